The molecule has 114 valence electrons. The third-order valence-electron chi connectivity index (χ3n) is 2.90. The van der Waals surface area contributed by atoms with E-state index in [1.165, 1.54) is 55.5 Å². The average Bonchev–Trinajstić information content (AvgIpc) is 2.47. The molecule has 0 spiro atoms. The van der Waals surface area contributed by atoms with E-state index in [2.05, 4.69) is 5.32 Å². The summed E-state index contributed by atoms with van der Waals surface area (Å²) in [6.07, 6.45) is 0. The largest absolute Gasteiger partial charge is 0.478 e. The van der Waals surface area contributed by atoms with Crippen molar-refractivity contribution in [3.8, 4) is 0 Å². The maximum absolute atomic E-state index is 12.4. The lowest BCUT2D eigenvalue weighted by Gasteiger charge is -2.07. The van der Waals surface area contributed by atoms with Crippen LogP contribution in [0.2, 0.25) is 0 Å². The molecule has 6 nitrogen and oxygen atoms in total. The van der Waals surface area contributed by atoms with Crippen LogP contribution in [0.3, 0.4) is 0 Å². The lowest BCUT2D eigenvalue weighted by atomic mass is 10.2. The number of hydrogen-bond donors (Lipinski definition) is 2. The van der Waals surface area contributed by atoms with Crippen molar-refractivity contribution in [3.05, 3.63) is 54.1 Å². The highest BCUT2D eigenvalue weighted by Gasteiger charge is 2.18. The quantitative estimate of drug-likeness (QED) is 0.899. The van der Waals surface area contributed by atoms with E-state index in [1.54, 1.807) is 0 Å². The summed E-state index contributed by atoms with van der Waals surface area (Å²) in [5.41, 5.74) is 0.507. The van der Waals surface area contributed by atoms with Crippen molar-refractivity contribution in [3.63, 3.8) is 0 Å². The number of hydrogen-bond acceptors (Lipinski definition) is 4. The van der Waals surface area contributed by atoms with Crippen LogP contribution >= 0.6 is 0 Å². The van der Waals surface area contributed by atoms with Gasteiger partial charge in [0.25, 0.3) is 0 Å². The van der Waals surface area contributed by atoms with E-state index in [9.17, 15) is 18.0 Å². The van der Waals surface area contributed by atoms with Gasteiger partial charge in [-0.15, -0.1) is 0 Å². The molecule has 0 bridgehead atoms. The normalized spacial score (nSPS) is 11.0. The molecular formula is C15H13NO5S. The molecule has 0 radical (unpaired) electrons. The predicted octanol–water partition coefficient (Wildman–Crippen LogP) is 2.18. The molecule has 0 unspecified atom stereocenters. The lowest BCUT2D eigenvalue weighted by Crippen LogP contribution is -2.07. The van der Waals surface area contributed by atoms with E-state index >= 15 is 0 Å². The topological polar surface area (TPSA) is 101 Å². The first kappa shape index (κ1) is 15.7. The highest BCUT2D eigenvalue weighted by atomic mass is 32.2. The van der Waals surface area contributed by atoms with Gasteiger partial charge in [-0.3, -0.25) is 4.79 Å². The second-order valence-corrected chi connectivity index (χ2v) is 6.49. The van der Waals surface area contributed by atoms with E-state index in [1.807, 2.05) is 0 Å². The molecule has 0 aliphatic rings. The van der Waals surface area contributed by atoms with Crippen LogP contribution in [0.4, 0.5) is 5.69 Å². The Hall–Kier alpha value is -2.67. The molecule has 0 aromatic heterocycles. The average molecular weight is 319 g/mol. The fourth-order valence-electron chi connectivity index (χ4n) is 1.83. The molecule has 0 atom stereocenters. The molecule has 2 aromatic carbocycles. The number of anilines is 1. The van der Waals surface area contributed by atoms with Crippen molar-refractivity contribution in [2.24, 2.45) is 0 Å². The summed E-state index contributed by atoms with van der Waals surface area (Å²) in [6, 6.07) is 10.7. The zero-order chi connectivity index (χ0) is 16.3. The molecule has 0 heterocycles. The highest BCUT2D eigenvalue weighted by molar-refractivity contribution is 7.91. The monoisotopic (exact) mass is 319 g/mol. The highest BCUT2D eigenvalue weighted by Crippen LogP contribution is 2.22. The van der Waals surface area contributed by atoms with Crippen LogP contribution in [0.5, 0.6) is 0 Å². The lowest BCUT2D eigenvalue weighted by molar-refractivity contribution is -0.114. The number of amides is 1. The fraction of sp³-hybridized carbons (Fsp3) is 0.0667. The van der Waals surface area contributed by atoms with Gasteiger partial charge in [-0.1, -0.05) is 0 Å². The maximum Gasteiger partial charge on any atom is 0.335 e. The minimum atomic E-state index is -3.73. The summed E-state index contributed by atoms with van der Waals surface area (Å²) in [4.78, 5) is 21.8. The van der Waals surface area contributed by atoms with E-state index in [4.69, 9.17) is 5.11 Å². The molecule has 0 saturated carbocycles. The summed E-state index contributed by atoms with van der Waals surface area (Å²) >= 11 is 0. The Kier molecular flexibility index (Phi) is 4.27. The first-order valence-corrected chi connectivity index (χ1v) is 7.75. The molecule has 2 aromatic rings. The molecule has 0 saturated heterocycles. The van der Waals surface area contributed by atoms with Gasteiger partial charge in [-0.05, 0) is 48.5 Å². The zero-order valence-electron chi connectivity index (χ0n) is 11.6. The second kappa shape index (κ2) is 5.98. The first-order chi connectivity index (χ1) is 10.3. The van der Waals surface area contributed by atoms with Crippen molar-refractivity contribution in [1.82, 2.24) is 0 Å². The number of nitrogens with one attached hydrogen (secondary N) is 1. The van der Waals surface area contributed by atoms with E-state index < -0.39 is 15.8 Å². The van der Waals surface area contributed by atoms with Gasteiger partial charge in [-0.2, -0.15) is 0 Å². The van der Waals surface area contributed by atoms with Gasteiger partial charge in [0, 0.05) is 12.6 Å². The maximum atomic E-state index is 12.4. The van der Waals surface area contributed by atoms with Crippen molar-refractivity contribution in [1.29, 1.82) is 0 Å². The summed E-state index contributed by atoms with van der Waals surface area (Å²) in [7, 11) is -3.73. The minimum absolute atomic E-state index is 0.00442. The molecule has 7 heteroatoms. The van der Waals surface area contributed by atoms with Crippen LogP contribution in [0.1, 0.15) is 17.3 Å². The van der Waals surface area contributed by atoms with Crippen LogP contribution in [0.25, 0.3) is 0 Å². The van der Waals surface area contributed by atoms with Gasteiger partial charge in [0.05, 0.1) is 15.4 Å². The third kappa shape index (κ3) is 3.32. The number of rotatable bonds is 4. The van der Waals surface area contributed by atoms with E-state index in [0.717, 1.165) is 0 Å². The molecule has 0 fully saturated rings. The van der Waals surface area contributed by atoms with Gasteiger partial charge in [0.1, 0.15) is 0 Å². The van der Waals surface area contributed by atoms with Crippen LogP contribution in [-0.2, 0) is 14.6 Å². The fourth-order valence-corrected chi connectivity index (χ4v) is 3.09. The van der Waals surface area contributed by atoms with E-state index in [0.29, 0.717) is 5.69 Å². The molecular weight excluding hydrogens is 306 g/mol. The second-order valence-electron chi connectivity index (χ2n) is 4.54. The molecule has 0 aliphatic carbocycles. The van der Waals surface area contributed by atoms with Crippen LogP contribution < -0.4 is 5.32 Å². The van der Waals surface area contributed by atoms with Crippen LogP contribution in [-0.4, -0.2) is 25.4 Å². The smallest absolute Gasteiger partial charge is 0.335 e. The number of carboxylic acids is 1. The van der Waals surface area contributed by atoms with Gasteiger partial charge in [0.2, 0.25) is 15.7 Å². The predicted molar refractivity (Wildman–Crippen MR) is 79.6 cm³/mol. The molecule has 2 N–H and O–H groups in total. The van der Waals surface area contributed by atoms with Crippen LogP contribution in [0, 0.1) is 0 Å². The number of carboxylic acid groups (broad SMARTS) is 1. The van der Waals surface area contributed by atoms with Crippen molar-refractivity contribution in [2.75, 3.05) is 5.32 Å². The van der Waals surface area contributed by atoms with Crippen molar-refractivity contribution in [2.45, 2.75) is 16.7 Å². The summed E-state index contributed by atoms with van der Waals surface area (Å²) in [6.45, 7) is 1.36. The van der Waals surface area contributed by atoms with Crippen molar-refractivity contribution >= 4 is 27.4 Å². The van der Waals surface area contributed by atoms with Gasteiger partial charge in [-0.25, -0.2) is 13.2 Å². The number of benzene rings is 2. The summed E-state index contributed by atoms with van der Waals surface area (Å²) in [5.74, 6) is -1.37. The molecule has 0 aliphatic heterocycles. The van der Waals surface area contributed by atoms with Gasteiger partial charge < -0.3 is 10.4 Å². The zero-order valence-corrected chi connectivity index (χ0v) is 12.4. The number of sulfone groups is 1. The Bertz CT molecular complexity index is 808. The number of aromatic carboxylic acids is 1. The molecule has 22 heavy (non-hydrogen) atoms. The molecule has 2 rings (SSSR count). The Morgan fingerprint density at radius 1 is 0.909 bits per heavy atom. The Morgan fingerprint density at radius 3 is 1.77 bits per heavy atom. The minimum Gasteiger partial charge on any atom is -0.478 e. The van der Waals surface area contributed by atoms with Gasteiger partial charge in [0.15, 0.2) is 0 Å². The Labute approximate surface area is 127 Å². The van der Waals surface area contributed by atoms with Crippen molar-refractivity contribution < 1.29 is 23.1 Å². The SMILES string of the molecule is CC(=O)Nc1ccc(S(=O)(=O)c2ccc(C(=O)O)cc2)cc1. The molecule has 1 amide bonds. The Morgan fingerprint density at radius 2 is 1.36 bits per heavy atom. The Balaban J connectivity index is 2.33. The van der Waals surface area contributed by atoms with Crippen LogP contribution in [0.15, 0.2) is 58.3 Å². The summed E-state index contributed by atoms with van der Waals surface area (Å²) < 4.78 is 24.8. The summed E-state index contributed by atoms with van der Waals surface area (Å²) in [5, 5.41) is 11.4. The number of carbonyl (C=O) groups is 2. The third-order valence-corrected chi connectivity index (χ3v) is 4.68. The number of carbonyl (C=O) groups excluding carboxylic acids is 1. The van der Waals surface area contributed by atoms with E-state index in [-0.39, 0.29) is 21.3 Å². The van der Waals surface area contributed by atoms with Gasteiger partial charge >= 0.3 is 5.97 Å². The standard InChI is InChI=1S/C15H13NO5S/c1-10(17)16-12-4-8-14(9-5-12)22(20,21)13-6-2-11(3-7-13)15(18)19/h2-9H,1H3,(H,16,17)(H,18,19). The first-order valence-electron chi connectivity index (χ1n) is 6.27.